The van der Waals surface area contributed by atoms with Gasteiger partial charge in [0.15, 0.2) is 0 Å². The zero-order chi connectivity index (χ0) is 17.9. The van der Waals surface area contributed by atoms with E-state index in [1.807, 2.05) is 40.7 Å². The molecule has 0 spiro atoms. The van der Waals surface area contributed by atoms with E-state index in [2.05, 4.69) is 9.97 Å². The van der Waals surface area contributed by atoms with Gasteiger partial charge in [-0.3, -0.25) is 9.59 Å². The number of piperidine rings is 1. The lowest BCUT2D eigenvalue weighted by Gasteiger charge is -2.31. The molecular weight excluding hydrogens is 346 g/mol. The van der Waals surface area contributed by atoms with Crippen molar-refractivity contribution in [2.75, 3.05) is 13.1 Å². The van der Waals surface area contributed by atoms with E-state index in [9.17, 15) is 9.59 Å². The van der Waals surface area contributed by atoms with E-state index in [1.165, 1.54) is 0 Å². The van der Waals surface area contributed by atoms with E-state index in [-0.39, 0.29) is 11.8 Å². The molecule has 5 nitrogen and oxygen atoms in total. The fourth-order valence-electron chi connectivity index (χ4n) is 3.58. The van der Waals surface area contributed by atoms with Crippen LogP contribution in [0.4, 0.5) is 0 Å². The van der Waals surface area contributed by atoms with Crippen LogP contribution >= 0.6 is 11.3 Å². The number of amides is 1. The first-order valence-corrected chi connectivity index (χ1v) is 9.86. The lowest BCUT2D eigenvalue weighted by atomic mass is 9.90. The van der Waals surface area contributed by atoms with Crippen molar-refractivity contribution in [3.8, 4) is 0 Å². The molecule has 1 N–H and O–H groups in total. The predicted octanol–water partition coefficient (Wildman–Crippen LogP) is 3.68. The zero-order valence-electron chi connectivity index (χ0n) is 14.5. The number of aryl methyl sites for hydroxylation is 1. The molecule has 0 unspecified atom stereocenters. The molecule has 4 rings (SSSR count). The van der Waals surface area contributed by atoms with Crippen molar-refractivity contribution in [2.45, 2.75) is 25.7 Å². The number of thiazole rings is 1. The summed E-state index contributed by atoms with van der Waals surface area (Å²) in [6.45, 7) is 1.30. The summed E-state index contributed by atoms with van der Waals surface area (Å²) in [5.41, 5.74) is 1.75. The number of likely N-dealkylation sites (tertiary alicyclic amines) is 1. The Hall–Kier alpha value is -2.47. The van der Waals surface area contributed by atoms with Crippen LogP contribution in [0.5, 0.6) is 0 Å². The van der Waals surface area contributed by atoms with Crippen LogP contribution in [-0.2, 0) is 11.2 Å². The Labute approximate surface area is 156 Å². The minimum atomic E-state index is 0.0572. The smallest absolute Gasteiger partial charge is 0.253 e. The highest BCUT2D eigenvalue weighted by Gasteiger charge is 2.27. The Morgan fingerprint density at radius 1 is 1.23 bits per heavy atom. The normalized spacial score (nSPS) is 15.5. The molecule has 0 saturated carbocycles. The minimum absolute atomic E-state index is 0.0572. The van der Waals surface area contributed by atoms with Crippen LogP contribution in [0.15, 0.2) is 42.0 Å². The second-order valence-electron chi connectivity index (χ2n) is 6.74. The number of benzene rings is 1. The number of ketones is 1. The second-order valence-corrected chi connectivity index (χ2v) is 7.72. The molecule has 1 aromatic carbocycles. The first kappa shape index (κ1) is 17.0. The standard InChI is InChI=1S/C20H21N3O2S/c24-18(3-4-19-22-9-12-26-19)14-6-10-23(11-7-14)20(25)16-1-2-17-15(13-16)5-8-21-17/h1-2,5,8-9,12-14,21H,3-4,6-7,10-11H2. The number of H-pyrrole nitrogens is 1. The van der Waals surface area contributed by atoms with E-state index in [0.29, 0.717) is 30.9 Å². The summed E-state index contributed by atoms with van der Waals surface area (Å²) in [4.78, 5) is 34.4. The number of hydrogen-bond acceptors (Lipinski definition) is 4. The van der Waals surface area contributed by atoms with Crippen LogP contribution in [0, 0.1) is 5.92 Å². The van der Waals surface area contributed by atoms with Crippen molar-refractivity contribution >= 4 is 33.9 Å². The lowest BCUT2D eigenvalue weighted by Crippen LogP contribution is -2.40. The number of aromatic nitrogens is 2. The van der Waals surface area contributed by atoms with Gasteiger partial charge in [-0.25, -0.2) is 4.98 Å². The number of nitrogens with one attached hydrogen (secondary N) is 1. The third kappa shape index (κ3) is 3.55. The van der Waals surface area contributed by atoms with Crippen molar-refractivity contribution in [2.24, 2.45) is 5.92 Å². The Bertz CT molecular complexity index is 908. The topological polar surface area (TPSA) is 66.1 Å². The highest BCUT2D eigenvalue weighted by molar-refractivity contribution is 7.09. The minimum Gasteiger partial charge on any atom is -0.361 e. The summed E-state index contributed by atoms with van der Waals surface area (Å²) in [7, 11) is 0. The van der Waals surface area contributed by atoms with Gasteiger partial charge in [0.1, 0.15) is 5.78 Å². The summed E-state index contributed by atoms with van der Waals surface area (Å²) >= 11 is 1.60. The van der Waals surface area contributed by atoms with Crippen LogP contribution in [-0.4, -0.2) is 39.6 Å². The third-order valence-electron chi connectivity index (χ3n) is 5.11. The third-order valence-corrected chi connectivity index (χ3v) is 5.95. The number of rotatable bonds is 5. The Balaban J connectivity index is 1.32. The largest absolute Gasteiger partial charge is 0.361 e. The predicted molar refractivity (Wildman–Crippen MR) is 102 cm³/mol. The Morgan fingerprint density at radius 3 is 2.85 bits per heavy atom. The molecule has 6 heteroatoms. The fourth-order valence-corrected chi connectivity index (χ4v) is 4.20. The maximum atomic E-state index is 12.7. The molecule has 0 aliphatic carbocycles. The molecule has 134 valence electrons. The van der Waals surface area contributed by atoms with Gasteiger partial charge in [0.05, 0.1) is 5.01 Å². The van der Waals surface area contributed by atoms with Gasteiger partial charge in [0.2, 0.25) is 0 Å². The molecule has 1 saturated heterocycles. The lowest BCUT2D eigenvalue weighted by molar-refractivity contribution is -0.124. The fraction of sp³-hybridized carbons (Fsp3) is 0.350. The van der Waals surface area contributed by atoms with Crippen LogP contribution < -0.4 is 0 Å². The summed E-state index contributed by atoms with van der Waals surface area (Å²) in [5.74, 6) is 0.439. The highest BCUT2D eigenvalue weighted by Crippen LogP contribution is 2.23. The molecule has 1 fully saturated rings. The van der Waals surface area contributed by atoms with Crippen molar-refractivity contribution in [1.82, 2.24) is 14.9 Å². The monoisotopic (exact) mass is 367 g/mol. The SMILES string of the molecule is O=C(CCc1nccs1)C1CCN(C(=O)c2ccc3[nH]ccc3c2)CC1. The molecule has 0 bridgehead atoms. The van der Waals surface area contributed by atoms with E-state index in [1.54, 1.807) is 17.5 Å². The average Bonchev–Trinajstić information content (AvgIpc) is 3.36. The summed E-state index contributed by atoms with van der Waals surface area (Å²) in [5, 5.41) is 4.00. The van der Waals surface area contributed by atoms with Gasteiger partial charge in [0.25, 0.3) is 5.91 Å². The molecule has 1 aliphatic heterocycles. The molecule has 0 radical (unpaired) electrons. The molecule has 2 aromatic heterocycles. The summed E-state index contributed by atoms with van der Waals surface area (Å²) < 4.78 is 0. The Morgan fingerprint density at radius 2 is 2.08 bits per heavy atom. The van der Waals surface area contributed by atoms with E-state index >= 15 is 0 Å². The molecule has 1 amide bonds. The van der Waals surface area contributed by atoms with Gasteiger partial charge in [-0.1, -0.05) is 0 Å². The van der Waals surface area contributed by atoms with E-state index < -0.39 is 0 Å². The first-order valence-electron chi connectivity index (χ1n) is 8.98. The maximum Gasteiger partial charge on any atom is 0.253 e. The van der Waals surface area contributed by atoms with Gasteiger partial charge < -0.3 is 9.88 Å². The molecule has 26 heavy (non-hydrogen) atoms. The van der Waals surface area contributed by atoms with E-state index in [0.717, 1.165) is 35.2 Å². The number of carbonyl (C=O) groups excluding carboxylic acids is 2. The van der Waals surface area contributed by atoms with Crippen LogP contribution in [0.25, 0.3) is 10.9 Å². The number of Topliss-reactive ketones (excluding diaryl/α,β-unsaturated/α-hetero) is 1. The summed E-state index contributed by atoms with van der Waals surface area (Å²) in [6.07, 6.45) is 6.45. The van der Waals surface area contributed by atoms with Crippen molar-refractivity contribution in [3.05, 3.63) is 52.6 Å². The Kier molecular flexibility index (Phi) is 4.84. The number of hydrogen-bond donors (Lipinski definition) is 1. The second kappa shape index (κ2) is 7.41. The number of nitrogens with zero attached hydrogens (tertiary/aromatic N) is 2. The van der Waals surface area contributed by atoms with Gasteiger partial charge in [-0.15, -0.1) is 11.3 Å². The molecule has 3 aromatic rings. The number of carbonyl (C=O) groups is 2. The molecule has 1 aliphatic rings. The van der Waals surface area contributed by atoms with Gasteiger partial charge in [-0.2, -0.15) is 0 Å². The van der Waals surface area contributed by atoms with Crippen LogP contribution in [0.2, 0.25) is 0 Å². The quantitative estimate of drug-likeness (QED) is 0.748. The number of fused-ring (bicyclic) bond motifs is 1. The van der Waals surface area contributed by atoms with Crippen LogP contribution in [0.1, 0.15) is 34.6 Å². The van der Waals surface area contributed by atoms with Crippen LogP contribution in [0.3, 0.4) is 0 Å². The average molecular weight is 367 g/mol. The van der Waals surface area contributed by atoms with Crippen molar-refractivity contribution < 1.29 is 9.59 Å². The van der Waals surface area contributed by atoms with E-state index in [4.69, 9.17) is 0 Å². The maximum absolute atomic E-state index is 12.7. The summed E-state index contributed by atoms with van der Waals surface area (Å²) in [6, 6.07) is 7.71. The van der Waals surface area contributed by atoms with Crippen molar-refractivity contribution in [3.63, 3.8) is 0 Å². The molecular formula is C20H21N3O2S. The van der Waals surface area contributed by atoms with Gasteiger partial charge in [0, 0.05) is 66.1 Å². The molecule has 0 atom stereocenters. The number of aromatic amines is 1. The highest BCUT2D eigenvalue weighted by atomic mass is 32.1. The van der Waals surface area contributed by atoms with Gasteiger partial charge >= 0.3 is 0 Å². The van der Waals surface area contributed by atoms with Crippen molar-refractivity contribution in [1.29, 1.82) is 0 Å². The van der Waals surface area contributed by atoms with Gasteiger partial charge in [-0.05, 0) is 37.1 Å². The molecule has 3 heterocycles. The first-order chi connectivity index (χ1) is 12.7. The zero-order valence-corrected chi connectivity index (χ0v) is 15.3.